The van der Waals surface area contributed by atoms with E-state index in [4.69, 9.17) is 0 Å². The fourth-order valence-electron chi connectivity index (χ4n) is 4.13. The predicted octanol–water partition coefficient (Wildman–Crippen LogP) is 5.02. The van der Waals surface area contributed by atoms with Crippen LogP contribution in [0, 0.1) is 5.82 Å². The molecular weight excluding hydrogens is 417 g/mol. The quantitative estimate of drug-likeness (QED) is 0.475. The summed E-state index contributed by atoms with van der Waals surface area (Å²) in [6, 6.07) is 15.8. The number of benzene rings is 2. The number of aromatic nitrogens is 2. The van der Waals surface area contributed by atoms with Crippen molar-refractivity contribution in [3.05, 3.63) is 72.2 Å². The van der Waals surface area contributed by atoms with Crippen molar-refractivity contribution in [3.63, 3.8) is 0 Å². The SMILES string of the molecule is C[C@H]1CCCCN1CCCNC(=O)c1cccc(Nc2ccnc(-c3ccc(F)cc3)n2)c1. The molecule has 1 atom stereocenters. The maximum absolute atomic E-state index is 13.2. The Labute approximate surface area is 194 Å². The molecule has 1 aliphatic heterocycles. The van der Waals surface area contributed by atoms with Gasteiger partial charge < -0.3 is 15.5 Å². The summed E-state index contributed by atoms with van der Waals surface area (Å²) in [4.78, 5) is 23.9. The van der Waals surface area contributed by atoms with Gasteiger partial charge in [-0.2, -0.15) is 0 Å². The van der Waals surface area contributed by atoms with Crippen molar-refractivity contribution in [3.8, 4) is 11.4 Å². The van der Waals surface area contributed by atoms with Gasteiger partial charge in [0.1, 0.15) is 11.6 Å². The van der Waals surface area contributed by atoms with E-state index in [0.717, 1.165) is 30.8 Å². The Morgan fingerprint density at radius 2 is 2.00 bits per heavy atom. The molecular formula is C26H30FN5O. The number of hydrogen-bond acceptors (Lipinski definition) is 5. The molecule has 6 nitrogen and oxygen atoms in total. The van der Waals surface area contributed by atoms with E-state index in [1.54, 1.807) is 30.5 Å². The number of carbonyl (C=O) groups is 1. The fraction of sp³-hybridized carbons (Fsp3) is 0.346. The molecule has 0 spiro atoms. The van der Waals surface area contributed by atoms with Crippen LogP contribution in [0.3, 0.4) is 0 Å². The van der Waals surface area contributed by atoms with Crippen LogP contribution in [0.5, 0.6) is 0 Å². The van der Waals surface area contributed by atoms with Crippen LogP contribution in [0.1, 0.15) is 43.0 Å². The van der Waals surface area contributed by atoms with Crippen LogP contribution in [0.2, 0.25) is 0 Å². The maximum Gasteiger partial charge on any atom is 0.251 e. The minimum Gasteiger partial charge on any atom is -0.352 e. The Kier molecular flexibility index (Phi) is 7.62. The van der Waals surface area contributed by atoms with E-state index in [9.17, 15) is 9.18 Å². The first kappa shape index (κ1) is 22.9. The third-order valence-corrected chi connectivity index (χ3v) is 6.00. The lowest BCUT2D eigenvalue weighted by Gasteiger charge is -2.33. The van der Waals surface area contributed by atoms with Crippen molar-refractivity contribution in [2.24, 2.45) is 0 Å². The number of hydrogen-bond donors (Lipinski definition) is 2. The molecule has 1 saturated heterocycles. The first-order chi connectivity index (χ1) is 16.1. The summed E-state index contributed by atoms with van der Waals surface area (Å²) in [5.74, 6) is 0.707. The van der Waals surface area contributed by atoms with Crippen molar-refractivity contribution >= 4 is 17.4 Å². The Hall–Kier alpha value is -3.32. The van der Waals surface area contributed by atoms with Gasteiger partial charge in [0.2, 0.25) is 0 Å². The Morgan fingerprint density at radius 1 is 1.15 bits per heavy atom. The van der Waals surface area contributed by atoms with Crippen LogP contribution in [0.15, 0.2) is 60.8 Å². The molecule has 0 unspecified atom stereocenters. The van der Waals surface area contributed by atoms with E-state index in [2.05, 4.69) is 32.4 Å². The zero-order chi connectivity index (χ0) is 23.0. The Bertz CT molecular complexity index is 1070. The number of nitrogens with zero attached hydrogens (tertiary/aromatic N) is 3. The van der Waals surface area contributed by atoms with E-state index in [-0.39, 0.29) is 11.7 Å². The van der Waals surface area contributed by atoms with Crippen LogP contribution in [0.4, 0.5) is 15.9 Å². The average Bonchev–Trinajstić information content (AvgIpc) is 2.83. The molecule has 1 aliphatic rings. The third-order valence-electron chi connectivity index (χ3n) is 6.00. The van der Waals surface area contributed by atoms with Crippen LogP contribution in [0.25, 0.3) is 11.4 Å². The third kappa shape index (κ3) is 6.35. The normalized spacial score (nSPS) is 16.4. The van der Waals surface area contributed by atoms with Crippen molar-refractivity contribution in [2.45, 2.75) is 38.6 Å². The molecule has 0 aliphatic carbocycles. The summed E-state index contributed by atoms with van der Waals surface area (Å²) < 4.78 is 13.2. The summed E-state index contributed by atoms with van der Waals surface area (Å²) in [5.41, 5.74) is 2.08. The van der Waals surface area contributed by atoms with Crippen molar-refractivity contribution in [1.82, 2.24) is 20.2 Å². The highest BCUT2D eigenvalue weighted by molar-refractivity contribution is 5.95. The van der Waals surface area contributed by atoms with Crippen LogP contribution in [-0.4, -0.2) is 46.5 Å². The first-order valence-electron chi connectivity index (χ1n) is 11.6. The molecule has 33 heavy (non-hydrogen) atoms. The fourth-order valence-corrected chi connectivity index (χ4v) is 4.13. The van der Waals surface area contributed by atoms with Gasteiger partial charge in [-0.25, -0.2) is 14.4 Å². The molecule has 0 bridgehead atoms. The molecule has 2 heterocycles. The number of piperidine rings is 1. The Morgan fingerprint density at radius 3 is 2.82 bits per heavy atom. The second kappa shape index (κ2) is 11.0. The lowest BCUT2D eigenvalue weighted by atomic mass is 10.0. The van der Waals surface area contributed by atoms with Crippen LogP contribution in [-0.2, 0) is 0 Å². The van der Waals surface area contributed by atoms with Crippen molar-refractivity contribution in [2.75, 3.05) is 25.0 Å². The smallest absolute Gasteiger partial charge is 0.251 e. The molecule has 1 fully saturated rings. The minimum atomic E-state index is -0.302. The highest BCUT2D eigenvalue weighted by Crippen LogP contribution is 2.20. The molecule has 1 amide bonds. The van der Waals surface area contributed by atoms with Gasteiger partial charge in [0.05, 0.1) is 0 Å². The monoisotopic (exact) mass is 447 g/mol. The number of amides is 1. The zero-order valence-corrected chi connectivity index (χ0v) is 18.9. The summed E-state index contributed by atoms with van der Waals surface area (Å²) >= 11 is 0. The summed E-state index contributed by atoms with van der Waals surface area (Å²) in [7, 11) is 0. The zero-order valence-electron chi connectivity index (χ0n) is 18.9. The lowest BCUT2D eigenvalue weighted by Crippen LogP contribution is -2.39. The van der Waals surface area contributed by atoms with Gasteiger partial charge in [-0.15, -0.1) is 0 Å². The number of rotatable bonds is 8. The summed E-state index contributed by atoms with van der Waals surface area (Å²) in [6.45, 7) is 5.13. The van der Waals surface area contributed by atoms with Crippen LogP contribution >= 0.6 is 0 Å². The average molecular weight is 448 g/mol. The van der Waals surface area contributed by atoms with Gasteiger partial charge in [0, 0.05) is 42.1 Å². The van der Waals surface area contributed by atoms with Gasteiger partial charge in [-0.3, -0.25) is 4.79 Å². The van der Waals surface area contributed by atoms with E-state index in [1.807, 2.05) is 18.2 Å². The van der Waals surface area contributed by atoms with E-state index < -0.39 is 0 Å². The number of halogens is 1. The highest BCUT2D eigenvalue weighted by Gasteiger charge is 2.17. The molecule has 0 radical (unpaired) electrons. The van der Waals surface area contributed by atoms with E-state index in [1.165, 1.54) is 31.4 Å². The second-order valence-electron chi connectivity index (χ2n) is 8.47. The van der Waals surface area contributed by atoms with Crippen molar-refractivity contribution in [1.29, 1.82) is 0 Å². The molecule has 7 heteroatoms. The van der Waals surface area contributed by atoms with Gasteiger partial charge >= 0.3 is 0 Å². The van der Waals surface area contributed by atoms with Gasteiger partial charge in [0.15, 0.2) is 5.82 Å². The molecule has 2 N–H and O–H groups in total. The van der Waals surface area contributed by atoms with Gasteiger partial charge in [0.25, 0.3) is 5.91 Å². The Balaban J connectivity index is 1.32. The molecule has 0 saturated carbocycles. The number of likely N-dealkylation sites (tertiary alicyclic amines) is 1. The topological polar surface area (TPSA) is 70.2 Å². The van der Waals surface area contributed by atoms with Gasteiger partial charge in [-0.05, 0) is 81.3 Å². The van der Waals surface area contributed by atoms with Crippen LogP contribution < -0.4 is 10.6 Å². The predicted molar refractivity (Wildman–Crippen MR) is 129 cm³/mol. The van der Waals surface area contributed by atoms with E-state index >= 15 is 0 Å². The largest absolute Gasteiger partial charge is 0.352 e. The summed E-state index contributed by atoms with van der Waals surface area (Å²) in [5, 5.41) is 6.25. The number of carbonyl (C=O) groups excluding carboxylic acids is 1. The lowest BCUT2D eigenvalue weighted by molar-refractivity contribution is 0.0949. The molecule has 172 valence electrons. The molecule has 3 aromatic rings. The first-order valence-corrected chi connectivity index (χ1v) is 11.6. The second-order valence-corrected chi connectivity index (χ2v) is 8.47. The molecule has 1 aromatic heterocycles. The highest BCUT2D eigenvalue weighted by atomic mass is 19.1. The number of anilines is 2. The summed E-state index contributed by atoms with van der Waals surface area (Å²) in [6.07, 6.45) is 6.45. The standard InChI is InChI=1S/C26H30FN5O/c1-19-6-2-3-16-32(19)17-5-14-29-26(33)21-7-4-8-23(18-21)30-24-13-15-28-25(31-24)20-9-11-22(27)12-10-20/h4,7-13,15,18-19H,2-3,5-6,14,16-17H2,1H3,(H,29,33)(H,28,30,31)/t19-/m0/s1. The number of nitrogens with one attached hydrogen (secondary N) is 2. The maximum atomic E-state index is 13.2. The molecule has 4 rings (SSSR count). The molecule has 2 aromatic carbocycles. The van der Waals surface area contributed by atoms with Crippen molar-refractivity contribution < 1.29 is 9.18 Å². The minimum absolute atomic E-state index is 0.0833. The van der Waals surface area contributed by atoms with Gasteiger partial charge in [-0.1, -0.05) is 12.5 Å². The van der Waals surface area contributed by atoms with E-state index in [0.29, 0.717) is 29.8 Å².